The molecule has 1 radical (unpaired) electrons. The van der Waals surface area contributed by atoms with Crippen molar-refractivity contribution in [1.82, 2.24) is 0 Å². The molecule has 4 heteroatoms. The molecule has 0 unspecified atom stereocenters. The fourth-order valence-electron chi connectivity index (χ4n) is 0.559. The Labute approximate surface area is 82.9 Å². The minimum atomic E-state index is -0.378. The van der Waals surface area contributed by atoms with Crippen molar-refractivity contribution in [2.45, 2.75) is 0 Å². The fourth-order valence-corrected chi connectivity index (χ4v) is 0.907. The Balaban J connectivity index is 0.000001000. The van der Waals surface area contributed by atoms with Gasteiger partial charge in [0.25, 0.3) is 0 Å². The fraction of sp³-hybridized carbons (Fsp3) is 0. The summed E-state index contributed by atoms with van der Waals surface area (Å²) < 4.78 is 0.419. The van der Waals surface area contributed by atoms with Crippen LogP contribution in [0, 0.1) is 0 Å². The maximum absolute atomic E-state index is 10.8. The van der Waals surface area contributed by atoms with Gasteiger partial charge in [-0.1, -0.05) is 12.1 Å². The molecule has 63 valence electrons. The van der Waals surface area contributed by atoms with Crippen LogP contribution in [0.4, 0.5) is 0 Å². The molecule has 0 aliphatic heterocycles. The van der Waals surface area contributed by atoms with Crippen molar-refractivity contribution in [3.05, 3.63) is 39.0 Å². The molecule has 1 rings (SSSR count). The van der Waals surface area contributed by atoms with Gasteiger partial charge < -0.3 is 5.11 Å². The van der Waals surface area contributed by atoms with Crippen LogP contribution in [0.5, 0.6) is 5.75 Å². The maximum Gasteiger partial charge on any atom is 0.221 e. The van der Waals surface area contributed by atoms with Crippen LogP contribution in [0.3, 0.4) is 0 Å². The van der Waals surface area contributed by atoms with Crippen molar-refractivity contribution >= 4 is 15.9 Å². The van der Waals surface area contributed by atoms with Gasteiger partial charge in [-0.2, -0.15) is 0 Å². The van der Waals surface area contributed by atoms with Crippen molar-refractivity contribution < 1.29 is 22.2 Å². The number of hydrogen-bond acceptors (Lipinski definition) is 2. The minimum Gasteiger partial charge on any atom is -0.503 e. The molecule has 1 aromatic carbocycles. The van der Waals surface area contributed by atoms with Crippen LogP contribution in [0.25, 0.3) is 0 Å². The van der Waals surface area contributed by atoms with Crippen molar-refractivity contribution in [3.63, 3.8) is 0 Å². The van der Waals surface area contributed by atoms with Crippen molar-refractivity contribution in [2.24, 2.45) is 0 Å². The van der Waals surface area contributed by atoms with Crippen molar-refractivity contribution in [1.29, 1.82) is 0 Å². The van der Waals surface area contributed by atoms with E-state index in [1.807, 2.05) is 0 Å². The molecular formula is C7H5BrCuO2. The number of halogens is 1. The van der Waals surface area contributed by atoms with Crippen molar-refractivity contribution in [3.8, 4) is 5.75 Å². The predicted molar refractivity (Wildman–Crippen MR) is 42.1 cm³/mol. The molecule has 0 saturated heterocycles. The zero-order chi connectivity index (χ0) is 7.56. The van der Waals surface area contributed by atoms with E-state index >= 15 is 0 Å². The maximum atomic E-state index is 10.8. The van der Waals surface area contributed by atoms with Crippen molar-refractivity contribution in [2.75, 3.05) is 0 Å². The average molecular weight is 265 g/mol. The van der Waals surface area contributed by atoms with E-state index in [1.54, 1.807) is 18.2 Å². The van der Waals surface area contributed by atoms with Crippen LogP contribution in [0.1, 0.15) is 0 Å². The molecule has 1 N–H and O–H groups in total. The van der Waals surface area contributed by atoms with E-state index in [0.29, 0.717) is 4.47 Å². The Morgan fingerprint density at radius 3 is 2.45 bits per heavy atom. The summed E-state index contributed by atoms with van der Waals surface area (Å²) in [7, 11) is 0. The van der Waals surface area contributed by atoms with Gasteiger partial charge in [-0.05, 0) is 28.1 Å². The molecule has 0 amide bonds. The molecular weight excluding hydrogens is 260 g/mol. The van der Waals surface area contributed by atoms with Gasteiger partial charge in [-0.3, -0.25) is 4.79 Å². The number of rotatable bonds is 0. The van der Waals surface area contributed by atoms with Gasteiger partial charge in [0.05, 0.1) is 4.47 Å². The third kappa shape index (κ3) is 2.66. The SMILES string of the molecule is O=c1ccccc(Br)c1O.[Cu]. The summed E-state index contributed by atoms with van der Waals surface area (Å²) in [6.07, 6.45) is 0. The first kappa shape index (κ1) is 10.7. The Morgan fingerprint density at radius 1 is 1.27 bits per heavy atom. The monoisotopic (exact) mass is 263 g/mol. The molecule has 0 bridgehead atoms. The summed E-state index contributed by atoms with van der Waals surface area (Å²) in [4.78, 5) is 10.8. The molecule has 0 saturated carbocycles. The van der Waals surface area contributed by atoms with E-state index in [1.165, 1.54) is 6.07 Å². The Hall–Kier alpha value is -0.311. The molecule has 0 aliphatic carbocycles. The van der Waals surface area contributed by atoms with E-state index in [-0.39, 0.29) is 28.2 Å². The van der Waals surface area contributed by atoms with Crippen LogP contribution >= 0.6 is 15.9 Å². The minimum absolute atomic E-state index is 0. The molecule has 0 aliphatic rings. The molecule has 2 nitrogen and oxygen atoms in total. The van der Waals surface area contributed by atoms with Crippen LogP contribution in [-0.4, -0.2) is 5.11 Å². The average Bonchev–Trinajstić information content (AvgIpc) is 2.04. The van der Waals surface area contributed by atoms with Crippen LogP contribution in [-0.2, 0) is 17.1 Å². The van der Waals surface area contributed by atoms with Crippen LogP contribution in [0.2, 0.25) is 0 Å². The van der Waals surface area contributed by atoms with Gasteiger partial charge in [-0.25, -0.2) is 0 Å². The largest absolute Gasteiger partial charge is 0.503 e. The topological polar surface area (TPSA) is 37.3 Å². The standard InChI is InChI=1S/C7H5BrO2.Cu/c8-5-3-1-2-4-6(9)7(5)10;/h1-4H,(H,9,10);. The van der Waals surface area contributed by atoms with Gasteiger partial charge >= 0.3 is 0 Å². The molecule has 1 aromatic rings. The van der Waals surface area contributed by atoms with Crippen LogP contribution in [0.15, 0.2) is 33.5 Å². The van der Waals surface area contributed by atoms with Gasteiger partial charge in [-0.15, -0.1) is 0 Å². The van der Waals surface area contributed by atoms with Gasteiger partial charge in [0.1, 0.15) is 0 Å². The zero-order valence-corrected chi connectivity index (χ0v) is 7.87. The molecule has 0 fully saturated rings. The van der Waals surface area contributed by atoms with E-state index in [9.17, 15) is 4.79 Å². The third-order valence-corrected chi connectivity index (χ3v) is 1.70. The summed E-state index contributed by atoms with van der Waals surface area (Å²) in [6, 6.07) is 6.16. The van der Waals surface area contributed by atoms with E-state index in [2.05, 4.69) is 15.9 Å². The van der Waals surface area contributed by atoms with E-state index < -0.39 is 0 Å². The third-order valence-electron chi connectivity index (χ3n) is 1.06. The summed E-state index contributed by atoms with van der Waals surface area (Å²) in [5.74, 6) is -0.245. The van der Waals surface area contributed by atoms with E-state index in [0.717, 1.165) is 0 Å². The smallest absolute Gasteiger partial charge is 0.221 e. The first-order valence-corrected chi connectivity index (χ1v) is 3.49. The first-order chi connectivity index (χ1) is 4.72. The van der Waals surface area contributed by atoms with Gasteiger partial charge in [0, 0.05) is 17.1 Å². The molecule has 0 aromatic heterocycles. The summed E-state index contributed by atoms with van der Waals surface area (Å²) in [5, 5.41) is 9.01. The Bertz CT molecular complexity index is 301. The summed E-state index contributed by atoms with van der Waals surface area (Å²) >= 11 is 3.03. The normalized spacial score (nSPS) is 8.45. The van der Waals surface area contributed by atoms with E-state index in [4.69, 9.17) is 5.11 Å². The summed E-state index contributed by atoms with van der Waals surface area (Å²) in [5.41, 5.74) is -0.378. The van der Waals surface area contributed by atoms with Gasteiger partial charge in [0.2, 0.25) is 5.43 Å². The quantitative estimate of drug-likeness (QED) is 0.721. The van der Waals surface area contributed by atoms with Crippen LogP contribution < -0.4 is 5.43 Å². The predicted octanol–water partition coefficient (Wildman–Crippen LogP) is 1.51. The zero-order valence-electron chi connectivity index (χ0n) is 5.34. The second kappa shape index (κ2) is 4.54. The Kier molecular flexibility index (Phi) is 4.42. The molecule has 0 atom stereocenters. The first-order valence-electron chi connectivity index (χ1n) is 2.69. The molecule has 0 heterocycles. The number of hydrogen-bond donors (Lipinski definition) is 1. The van der Waals surface area contributed by atoms with Gasteiger partial charge in [0.15, 0.2) is 5.75 Å². The molecule has 0 spiro atoms. The Morgan fingerprint density at radius 2 is 1.82 bits per heavy atom. The second-order valence-corrected chi connectivity index (χ2v) is 2.63. The number of aromatic hydroxyl groups is 1. The second-order valence-electron chi connectivity index (χ2n) is 1.78. The summed E-state index contributed by atoms with van der Waals surface area (Å²) in [6.45, 7) is 0. The molecule has 11 heavy (non-hydrogen) atoms.